The number of hydrogen-bond donors (Lipinski definition) is 3. The minimum absolute atomic E-state index is 0.0229. The van der Waals surface area contributed by atoms with Gasteiger partial charge in [0.2, 0.25) is 5.91 Å². The van der Waals surface area contributed by atoms with E-state index in [-0.39, 0.29) is 24.6 Å². The highest BCUT2D eigenvalue weighted by Gasteiger charge is 2.33. The first kappa shape index (κ1) is 16.0. The van der Waals surface area contributed by atoms with Gasteiger partial charge in [0.1, 0.15) is 0 Å². The Bertz CT molecular complexity index is 439. The van der Waals surface area contributed by atoms with Gasteiger partial charge in [0.25, 0.3) is 0 Å². The third-order valence-corrected chi connectivity index (χ3v) is 4.49. The highest BCUT2D eigenvalue weighted by molar-refractivity contribution is 5.78. The third kappa shape index (κ3) is 4.83. The van der Waals surface area contributed by atoms with Crippen LogP contribution in [0.3, 0.4) is 0 Å². The van der Waals surface area contributed by atoms with Crippen molar-refractivity contribution in [1.29, 1.82) is 0 Å². The number of rotatable bonds is 6. The number of aliphatic hydroxyl groups is 1. The molecule has 0 spiro atoms. The topological polar surface area (TPSA) is 61.4 Å². The molecule has 0 atom stereocenters. The minimum atomic E-state index is -0.267. The van der Waals surface area contributed by atoms with Crippen molar-refractivity contribution in [1.82, 2.24) is 10.6 Å². The summed E-state index contributed by atoms with van der Waals surface area (Å²) in [5, 5.41) is 15.8. The van der Waals surface area contributed by atoms with Crippen LogP contribution in [0, 0.1) is 5.92 Å². The fraction of sp³-hybridized carbons (Fsp3) is 0.588. The Hall–Kier alpha value is -1.39. The van der Waals surface area contributed by atoms with Crippen molar-refractivity contribution < 1.29 is 9.90 Å². The van der Waals surface area contributed by atoms with E-state index in [1.165, 1.54) is 0 Å². The van der Waals surface area contributed by atoms with Crippen molar-refractivity contribution >= 4 is 5.91 Å². The molecule has 0 unspecified atom stereocenters. The first-order valence-electron chi connectivity index (χ1n) is 7.80. The molecule has 0 radical (unpaired) electrons. The maximum absolute atomic E-state index is 11.9. The molecular formula is C17H26N2O2. The van der Waals surface area contributed by atoms with Gasteiger partial charge < -0.3 is 15.7 Å². The predicted molar refractivity (Wildman–Crippen MR) is 83.7 cm³/mol. The quantitative estimate of drug-likeness (QED) is 0.749. The molecule has 0 aromatic heterocycles. The second-order valence-electron chi connectivity index (χ2n) is 6.24. The number of hydrogen-bond acceptors (Lipinski definition) is 3. The van der Waals surface area contributed by atoms with Crippen molar-refractivity contribution in [2.75, 3.05) is 13.2 Å². The molecule has 1 aliphatic rings. The van der Waals surface area contributed by atoms with Crippen LogP contribution in [-0.2, 0) is 11.3 Å². The third-order valence-electron chi connectivity index (χ3n) is 4.49. The van der Waals surface area contributed by atoms with Crippen molar-refractivity contribution in [3.63, 3.8) is 0 Å². The average Bonchev–Trinajstić information content (AvgIpc) is 2.54. The summed E-state index contributed by atoms with van der Waals surface area (Å²) < 4.78 is 0. The van der Waals surface area contributed by atoms with Crippen LogP contribution in [-0.4, -0.2) is 29.7 Å². The first-order valence-corrected chi connectivity index (χ1v) is 7.80. The van der Waals surface area contributed by atoms with Gasteiger partial charge in [0, 0.05) is 12.1 Å². The number of carbonyl (C=O) groups excluding carboxylic acids is 1. The van der Waals surface area contributed by atoms with Crippen LogP contribution in [0.2, 0.25) is 0 Å². The fourth-order valence-electron chi connectivity index (χ4n) is 2.83. The van der Waals surface area contributed by atoms with Crippen LogP contribution in [0.15, 0.2) is 30.3 Å². The van der Waals surface area contributed by atoms with Gasteiger partial charge in [-0.1, -0.05) is 37.3 Å². The molecule has 21 heavy (non-hydrogen) atoms. The monoisotopic (exact) mass is 290 g/mol. The summed E-state index contributed by atoms with van der Waals surface area (Å²) in [5.74, 6) is 0.698. The van der Waals surface area contributed by atoms with E-state index in [9.17, 15) is 9.90 Å². The van der Waals surface area contributed by atoms with Crippen LogP contribution in [0.4, 0.5) is 0 Å². The summed E-state index contributed by atoms with van der Waals surface area (Å²) in [6.07, 6.45) is 4.10. The van der Waals surface area contributed by atoms with Gasteiger partial charge in [-0.25, -0.2) is 0 Å². The van der Waals surface area contributed by atoms with E-state index in [4.69, 9.17) is 0 Å². The molecule has 0 saturated heterocycles. The molecule has 3 N–H and O–H groups in total. The Balaban J connectivity index is 1.75. The molecule has 4 heteroatoms. The van der Waals surface area contributed by atoms with Crippen LogP contribution >= 0.6 is 0 Å². The molecule has 0 bridgehead atoms. The second-order valence-corrected chi connectivity index (χ2v) is 6.24. The zero-order chi connectivity index (χ0) is 15.1. The fourth-order valence-corrected chi connectivity index (χ4v) is 2.83. The van der Waals surface area contributed by atoms with E-state index in [2.05, 4.69) is 17.6 Å². The summed E-state index contributed by atoms with van der Waals surface area (Å²) in [6.45, 7) is 3.16. The largest absolute Gasteiger partial charge is 0.394 e. The summed E-state index contributed by atoms with van der Waals surface area (Å²) in [6, 6.07) is 9.87. The van der Waals surface area contributed by atoms with E-state index < -0.39 is 0 Å². The van der Waals surface area contributed by atoms with Gasteiger partial charge in [-0.2, -0.15) is 0 Å². The number of aliphatic hydroxyl groups excluding tert-OH is 1. The Morgan fingerprint density at radius 1 is 1.29 bits per heavy atom. The van der Waals surface area contributed by atoms with Crippen molar-refractivity contribution in [2.24, 2.45) is 5.92 Å². The molecule has 0 heterocycles. The molecule has 0 aliphatic heterocycles. The molecule has 116 valence electrons. The van der Waals surface area contributed by atoms with Gasteiger partial charge in [-0.3, -0.25) is 4.79 Å². The molecule has 1 amide bonds. The van der Waals surface area contributed by atoms with Crippen molar-refractivity contribution in [3.8, 4) is 0 Å². The van der Waals surface area contributed by atoms with Gasteiger partial charge in [-0.05, 0) is 37.2 Å². The SMILES string of the molecule is CC1CCC(CO)(NCC(=O)NCc2ccccc2)CC1. The Morgan fingerprint density at radius 3 is 2.57 bits per heavy atom. The molecule has 1 fully saturated rings. The highest BCUT2D eigenvalue weighted by Crippen LogP contribution is 2.31. The normalized spacial score (nSPS) is 25.5. The standard InChI is InChI=1S/C17H26N2O2/c1-14-7-9-17(13-20,10-8-14)19-12-16(21)18-11-15-5-3-2-4-6-15/h2-6,14,19-20H,7-13H2,1H3,(H,18,21). The molecular weight excluding hydrogens is 264 g/mol. The second kappa shape index (κ2) is 7.57. The summed E-state index contributed by atoms with van der Waals surface area (Å²) >= 11 is 0. The van der Waals surface area contributed by atoms with Crippen molar-refractivity contribution in [3.05, 3.63) is 35.9 Å². The van der Waals surface area contributed by atoms with E-state index in [0.717, 1.165) is 37.2 Å². The molecule has 1 aliphatic carbocycles. The van der Waals surface area contributed by atoms with Crippen molar-refractivity contribution in [2.45, 2.75) is 44.7 Å². The Labute approximate surface area is 126 Å². The Kier molecular flexibility index (Phi) is 5.76. The highest BCUT2D eigenvalue weighted by atomic mass is 16.3. The van der Waals surface area contributed by atoms with E-state index in [0.29, 0.717) is 6.54 Å². The van der Waals surface area contributed by atoms with Crippen LogP contribution in [0.25, 0.3) is 0 Å². The number of carbonyl (C=O) groups is 1. The maximum Gasteiger partial charge on any atom is 0.234 e. The van der Waals surface area contributed by atoms with Gasteiger partial charge in [0.15, 0.2) is 0 Å². The van der Waals surface area contributed by atoms with Crippen LogP contribution < -0.4 is 10.6 Å². The predicted octanol–water partition coefficient (Wildman–Crippen LogP) is 1.83. The van der Waals surface area contributed by atoms with Crippen LogP contribution in [0.5, 0.6) is 0 Å². The summed E-state index contributed by atoms with van der Waals surface area (Å²) in [5.41, 5.74) is 0.825. The maximum atomic E-state index is 11.9. The summed E-state index contributed by atoms with van der Waals surface area (Å²) in [7, 11) is 0. The Morgan fingerprint density at radius 2 is 1.95 bits per heavy atom. The first-order chi connectivity index (χ1) is 10.1. The zero-order valence-electron chi connectivity index (χ0n) is 12.8. The number of benzene rings is 1. The zero-order valence-corrected chi connectivity index (χ0v) is 12.8. The number of nitrogens with one attached hydrogen (secondary N) is 2. The summed E-state index contributed by atoms with van der Waals surface area (Å²) in [4.78, 5) is 11.9. The smallest absolute Gasteiger partial charge is 0.234 e. The lowest BCUT2D eigenvalue weighted by Gasteiger charge is -2.38. The van der Waals surface area contributed by atoms with Gasteiger partial charge in [-0.15, -0.1) is 0 Å². The van der Waals surface area contributed by atoms with E-state index in [1.807, 2.05) is 30.3 Å². The lowest BCUT2D eigenvalue weighted by atomic mass is 9.77. The van der Waals surface area contributed by atoms with Gasteiger partial charge >= 0.3 is 0 Å². The molecule has 2 rings (SSSR count). The van der Waals surface area contributed by atoms with E-state index >= 15 is 0 Å². The van der Waals surface area contributed by atoms with E-state index in [1.54, 1.807) is 0 Å². The molecule has 1 aromatic carbocycles. The number of amides is 1. The molecule has 4 nitrogen and oxygen atoms in total. The lowest BCUT2D eigenvalue weighted by molar-refractivity contribution is -0.121. The average molecular weight is 290 g/mol. The van der Waals surface area contributed by atoms with Crippen LogP contribution in [0.1, 0.15) is 38.2 Å². The molecule has 1 saturated carbocycles. The lowest BCUT2D eigenvalue weighted by Crippen LogP contribution is -2.53. The minimum Gasteiger partial charge on any atom is -0.394 e. The van der Waals surface area contributed by atoms with Gasteiger partial charge in [0.05, 0.1) is 13.2 Å². The molecule has 1 aromatic rings.